The van der Waals surface area contributed by atoms with E-state index >= 15 is 0 Å². The molecular weight excluding hydrogens is 556 g/mol. The molecule has 2 aliphatic carbocycles. The Hall–Kier alpha value is -4.95. The number of rotatable bonds is 4. The van der Waals surface area contributed by atoms with Gasteiger partial charge in [-0.25, -0.2) is 4.98 Å². The number of benzene rings is 4. The maximum atomic E-state index is 5.47. The van der Waals surface area contributed by atoms with Crippen LogP contribution in [0.2, 0.25) is 0 Å². The predicted molar refractivity (Wildman–Crippen MR) is 198 cm³/mol. The molecule has 0 amide bonds. The van der Waals surface area contributed by atoms with Gasteiger partial charge in [-0.3, -0.25) is 4.90 Å². The quantitative estimate of drug-likeness (QED) is 0.205. The lowest BCUT2D eigenvalue weighted by molar-refractivity contribution is 0.660. The Morgan fingerprint density at radius 1 is 0.674 bits per heavy atom. The van der Waals surface area contributed by atoms with Crippen molar-refractivity contribution >= 4 is 45.7 Å². The van der Waals surface area contributed by atoms with Crippen LogP contribution in [-0.2, 0) is 10.8 Å². The van der Waals surface area contributed by atoms with E-state index < -0.39 is 0 Å². The van der Waals surface area contributed by atoms with Gasteiger partial charge in [0.15, 0.2) is 0 Å². The first kappa shape index (κ1) is 29.7. The number of allylic oxidation sites excluding steroid dienone is 5. The van der Waals surface area contributed by atoms with Gasteiger partial charge in [0.1, 0.15) is 5.82 Å². The molecule has 4 aromatic carbocycles. The molecule has 2 nitrogen and oxygen atoms in total. The third kappa shape index (κ3) is 4.13. The largest absolute Gasteiger partial charge is 0.294 e. The fraction of sp³-hybridized carbons (Fsp3) is 0.205. The Morgan fingerprint density at radius 3 is 2.11 bits per heavy atom. The van der Waals surface area contributed by atoms with Crippen molar-refractivity contribution in [2.75, 3.05) is 4.90 Å². The van der Waals surface area contributed by atoms with Crippen LogP contribution in [0.1, 0.15) is 70.7 Å². The Bertz CT molecular complexity index is 2260. The minimum atomic E-state index is -0.181. The van der Waals surface area contributed by atoms with E-state index in [9.17, 15) is 0 Å². The van der Waals surface area contributed by atoms with E-state index in [0.29, 0.717) is 0 Å². The summed E-state index contributed by atoms with van der Waals surface area (Å²) in [6.45, 7) is 19.7. The van der Waals surface area contributed by atoms with E-state index in [4.69, 9.17) is 4.98 Å². The first-order chi connectivity index (χ1) is 22.2. The lowest BCUT2D eigenvalue weighted by Crippen LogP contribution is -2.31. The van der Waals surface area contributed by atoms with Crippen LogP contribution in [0.15, 0.2) is 115 Å². The Kier molecular flexibility index (Phi) is 7.01. The zero-order valence-electron chi connectivity index (χ0n) is 28.1. The highest BCUT2D eigenvalue weighted by atomic mass is 15.2. The molecule has 0 aliphatic heterocycles. The van der Waals surface area contributed by atoms with E-state index in [1.54, 1.807) is 0 Å². The zero-order valence-corrected chi connectivity index (χ0v) is 28.1. The van der Waals surface area contributed by atoms with Crippen LogP contribution >= 0.6 is 0 Å². The van der Waals surface area contributed by atoms with Crippen molar-refractivity contribution < 1.29 is 0 Å². The third-order valence-corrected chi connectivity index (χ3v) is 10.3. The topological polar surface area (TPSA) is 16.1 Å². The fourth-order valence-electron chi connectivity index (χ4n) is 8.05. The average Bonchev–Trinajstić information content (AvgIpc) is 3.44. The van der Waals surface area contributed by atoms with Crippen LogP contribution in [-0.4, -0.2) is 4.98 Å². The molecule has 228 valence electrons. The van der Waals surface area contributed by atoms with Crippen molar-refractivity contribution in [3.05, 3.63) is 148 Å². The Labute approximate surface area is 273 Å². The van der Waals surface area contributed by atoms with Gasteiger partial charge in [-0.05, 0) is 83.3 Å². The van der Waals surface area contributed by atoms with E-state index in [1.165, 1.54) is 55.1 Å². The lowest BCUT2D eigenvalue weighted by Gasteiger charge is -2.30. The van der Waals surface area contributed by atoms with E-state index in [2.05, 4.69) is 169 Å². The second-order valence-corrected chi connectivity index (χ2v) is 13.4. The average molecular weight is 599 g/mol. The van der Waals surface area contributed by atoms with Crippen LogP contribution in [0, 0.1) is 0 Å². The summed E-state index contributed by atoms with van der Waals surface area (Å²) in [5, 5.41) is 4.49. The lowest BCUT2D eigenvalue weighted by atomic mass is 9.81. The summed E-state index contributed by atoms with van der Waals surface area (Å²) < 4.78 is 0. The molecule has 0 bridgehead atoms. The summed E-state index contributed by atoms with van der Waals surface area (Å²) in [6, 6.07) is 31.4. The van der Waals surface area contributed by atoms with Crippen molar-refractivity contribution in [2.45, 2.75) is 59.3 Å². The minimum Gasteiger partial charge on any atom is -0.294 e. The van der Waals surface area contributed by atoms with Gasteiger partial charge in [0.25, 0.3) is 0 Å². The molecular formula is C44H42N2. The summed E-state index contributed by atoms with van der Waals surface area (Å²) in [4.78, 5) is 7.89. The Balaban J connectivity index is 1.61. The molecule has 0 spiro atoms. The van der Waals surface area contributed by atoms with Crippen LogP contribution in [0.5, 0.6) is 0 Å². The van der Waals surface area contributed by atoms with Gasteiger partial charge in [-0.1, -0.05) is 131 Å². The molecule has 1 aromatic heterocycles. The first-order valence-electron chi connectivity index (χ1n) is 16.4. The number of aromatic nitrogens is 1. The molecule has 0 atom stereocenters. The second-order valence-electron chi connectivity index (χ2n) is 13.4. The summed E-state index contributed by atoms with van der Waals surface area (Å²) >= 11 is 0. The number of nitrogens with zero attached hydrogens (tertiary/aromatic N) is 2. The molecule has 0 saturated carbocycles. The smallest absolute Gasteiger partial charge is 0.146 e. The maximum absolute atomic E-state index is 5.47. The third-order valence-electron chi connectivity index (χ3n) is 10.3. The zero-order chi connectivity index (χ0) is 32.4. The minimum absolute atomic E-state index is 0.113. The normalized spacial score (nSPS) is 18.2. The first-order valence-corrected chi connectivity index (χ1v) is 16.4. The van der Waals surface area contributed by atoms with E-state index in [0.717, 1.165) is 27.9 Å². The molecule has 0 N–H and O–H groups in total. The summed E-state index contributed by atoms with van der Waals surface area (Å²) in [7, 11) is 0. The number of anilines is 3. The van der Waals surface area contributed by atoms with Gasteiger partial charge < -0.3 is 0 Å². The summed E-state index contributed by atoms with van der Waals surface area (Å²) in [5.41, 5.74) is 12.4. The molecule has 1 heterocycles. The van der Waals surface area contributed by atoms with Gasteiger partial charge in [0, 0.05) is 32.7 Å². The highest BCUT2D eigenvalue weighted by molar-refractivity contribution is 6.02. The Morgan fingerprint density at radius 2 is 1.39 bits per heavy atom. The van der Waals surface area contributed by atoms with Gasteiger partial charge >= 0.3 is 0 Å². The number of hydrogen-bond acceptors (Lipinski definition) is 2. The van der Waals surface area contributed by atoms with Crippen molar-refractivity contribution in [1.82, 2.24) is 4.98 Å². The van der Waals surface area contributed by atoms with Crippen LogP contribution in [0.25, 0.3) is 39.6 Å². The van der Waals surface area contributed by atoms with Gasteiger partial charge in [0.05, 0.1) is 11.0 Å². The number of pyridine rings is 1. The van der Waals surface area contributed by atoms with Gasteiger partial charge in [-0.15, -0.1) is 0 Å². The monoisotopic (exact) mass is 598 g/mol. The highest BCUT2D eigenvalue weighted by Crippen LogP contribution is 2.56. The second kappa shape index (κ2) is 10.8. The molecule has 0 fully saturated rings. The fourth-order valence-corrected chi connectivity index (χ4v) is 8.05. The summed E-state index contributed by atoms with van der Waals surface area (Å²) in [5.74, 6) is 0.939. The molecule has 0 saturated heterocycles. The van der Waals surface area contributed by atoms with Crippen LogP contribution in [0.4, 0.5) is 17.2 Å². The summed E-state index contributed by atoms with van der Waals surface area (Å²) in [6.07, 6.45) is 10.6. The molecule has 46 heavy (non-hydrogen) atoms. The van der Waals surface area contributed by atoms with Crippen LogP contribution < -0.4 is 15.5 Å². The molecule has 2 aliphatic rings. The molecule has 2 heteroatoms. The predicted octanol–water partition coefficient (Wildman–Crippen LogP) is 10.4. The molecule has 5 aromatic rings. The molecule has 0 unspecified atom stereocenters. The maximum Gasteiger partial charge on any atom is 0.146 e. The highest BCUT2D eigenvalue weighted by Gasteiger charge is 2.40. The van der Waals surface area contributed by atoms with Crippen molar-refractivity contribution in [2.24, 2.45) is 0 Å². The molecule has 7 rings (SSSR count). The number of fused-ring (bicyclic) bond motifs is 5. The van der Waals surface area contributed by atoms with E-state index in [-0.39, 0.29) is 10.8 Å². The van der Waals surface area contributed by atoms with Crippen molar-refractivity contribution in [3.63, 3.8) is 0 Å². The SMILES string of the molecule is C=C/C=C1\C(=C/C)c2ccc(N(c3cccc4c3-c3ccccc3C4(C)C)c3nc(=C/C)/c(=C\C)c4ccccc34)cc2C1(C)C. The van der Waals surface area contributed by atoms with Crippen molar-refractivity contribution in [1.29, 1.82) is 0 Å². The standard InChI is InChI=1S/C44H42N2/c1-9-18-35-29(10-2)32-26-25-28(27-38(32)44(35,7)8)46(42-33-20-14-13-19-31(33)30(11-3)39(12-4)45-42)40-24-17-23-37-41(40)34-21-15-16-22-36(34)43(37,5)6/h9-27H,1H2,2-8H3/b29-10-,30-11-,35-18+,39-12+. The molecule has 0 radical (unpaired) electrons. The number of hydrogen-bond donors (Lipinski definition) is 0. The van der Waals surface area contributed by atoms with Gasteiger partial charge in [0.2, 0.25) is 0 Å². The van der Waals surface area contributed by atoms with Crippen LogP contribution in [0.3, 0.4) is 0 Å². The van der Waals surface area contributed by atoms with E-state index in [1.807, 2.05) is 6.08 Å². The van der Waals surface area contributed by atoms with Gasteiger partial charge in [-0.2, -0.15) is 0 Å². The van der Waals surface area contributed by atoms with Crippen molar-refractivity contribution in [3.8, 4) is 11.1 Å².